The quantitative estimate of drug-likeness (QED) is 0.239. The van der Waals surface area contributed by atoms with Gasteiger partial charge in [0.2, 0.25) is 0 Å². The van der Waals surface area contributed by atoms with E-state index in [9.17, 15) is 9.13 Å². The highest BCUT2D eigenvalue weighted by Gasteiger charge is 2.27. The number of hydrogen-bond acceptors (Lipinski definition) is 6. The number of alkyl halides is 2. The van der Waals surface area contributed by atoms with Crippen molar-refractivity contribution in [2.45, 2.75) is 0 Å². The van der Waals surface area contributed by atoms with Gasteiger partial charge in [-0.15, -0.1) is 23.2 Å². The van der Waals surface area contributed by atoms with Crippen LogP contribution in [-0.4, -0.2) is 12.8 Å². The van der Waals surface area contributed by atoms with E-state index in [0.717, 1.165) is 0 Å². The Balaban J connectivity index is 0.00000106. The van der Waals surface area contributed by atoms with Gasteiger partial charge in [-0.3, -0.25) is 0 Å². The highest BCUT2D eigenvalue weighted by atomic mass is 35.5. The van der Waals surface area contributed by atoms with Crippen LogP contribution in [0.3, 0.4) is 0 Å². The Labute approximate surface area is 187 Å². The van der Waals surface area contributed by atoms with Crippen LogP contribution in [0.25, 0.3) is 0 Å². The normalized spacial score (nSPS) is 10.1. The Kier molecular flexibility index (Phi) is 13.2. The van der Waals surface area contributed by atoms with Crippen LogP contribution >= 0.6 is 39.7 Å². The van der Waals surface area contributed by atoms with Crippen LogP contribution in [0, 0.1) is 0 Å². The van der Waals surface area contributed by atoms with E-state index >= 15 is 0 Å². The van der Waals surface area contributed by atoms with Crippen molar-refractivity contribution in [1.82, 2.24) is 0 Å². The minimum atomic E-state index is -2.42. The Morgan fingerprint density at radius 2 is 0.800 bits per heavy atom. The van der Waals surface area contributed by atoms with Crippen molar-refractivity contribution in [3.63, 3.8) is 0 Å². The standard InChI is InChI=1S/C18H14O6P2.2CH3Cl/c19-25(21-15-8-3-1-4-9-15)23-17-12-7-13-18(14-17)24-26(20)22-16-10-5-2-6-11-16;2*1-2/h1-14H;2*1H3/q+2;;. The summed E-state index contributed by atoms with van der Waals surface area (Å²) < 4.78 is 44.7. The van der Waals surface area contributed by atoms with Crippen LogP contribution in [0.5, 0.6) is 23.0 Å². The molecule has 0 saturated carbocycles. The summed E-state index contributed by atoms with van der Waals surface area (Å²) in [6.45, 7) is 0. The summed E-state index contributed by atoms with van der Waals surface area (Å²) in [6.07, 6.45) is 2.94. The van der Waals surface area contributed by atoms with Gasteiger partial charge in [0, 0.05) is 28.0 Å². The van der Waals surface area contributed by atoms with Crippen LogP contribution in [0.1, 0.15) is 0 Å². The molecule has 3 aromatic carbocycles. The van der Waals surface area contributed by atoms with E-state index in [-0.39, 0.29) is 11.5 Å². The molecule has 0 aliphatic heterocycles. The third-order valence-corrected chi connectivity index (χ3v) is 4.45. The second-order valence-electron chi connectivity index (χ2n) is 4.91. The minimum absolute atomic E-state index is 0.252. The topological polar surface area (TPSA) is 71.1 Å². The first kappa shape index (κ1) is 25.7. The molecule has 2 unspecified atom stereocenters. The molecule has 6 nitrogen and oxygen atoms in total. The molecular weight excluding hydrogens is 469 g/mol. The number of rotatable bonds is 8. The van der Waals surface area contributed by atoms with E-state index in [1.54, 1.807) is 66.7 Å². The van der Waals surface area contributed by atoms with Crippen LogP contribution in [-0.2, 0) is 9.13 Å². The van der Waals surface area contributed by atoms with E-state index < -0.39 is 16.5 Å². The fourth-order valence-electron chi connectivity index (χ4n) is 1.93. The maximum absolute atomic E-state index is 11.9. The average Bonchev–Trinajstić information content (AvgIpc) is 2.78. The van der Waals surface area contributed by atoms with Gasteiger partial charge in [-0.2, -0.15) is 0 Å². The molecule has 0 heterocycles. The van der Waals surface area contributed by atoms with Crippen molar-refractivity contribution < 1.29 is 27.2 Å². The number of halogens is 2. The van der Waals surface area contributed by atoms with Crippen molar-refractivity contribution in [3.05, 3.63) is 84.9 Å². The summed E-state index contributed by atoms with van der Waals surface area (Å²) in [6, 6.07) is 23.6. The SMILES string of the molecule is CCl.CCl.O=[P+](Oc1ccccc1)Oc1cccc(O[P+](=O)Oc2ccccc2)c1. The lowest BCUT2D eigenvalue weighted by Gasteiger charge is -1.96. The Hall–Kier alpha value is -2.36. The molecule has 0 aromatic heterocycles. The maximum Gasteiger partial charge on any atom is 0.805 e. The molecule has 0 aliphatic carbocycles. The second kappa shape index (κ2) is 15.5. The largest absolute Gasteiger partial charge is 0.805 e. The van der Waals surface area contributed by atoms with Gasteiger partial charge in [-0.1, -0.05) is 42.5 Å². The summed E-state index contributed by atoms with van der Waals surface area (Å²) >= 11 is 9.28. The molecular formula is C20H20Cl2O6P2+2. The number of benzene rings is 3. The lowest BCUT2D eigenvalue weighted by atomic mass is 10.3. The summed E-state index contributed by atoms with van der Waals surface area (Å²) in [5.74, 6) is 1.37. The third-order valence-electron chi connectivity index (χ3n) is 3.01. The van der Waals surface area contributed by atoms with E-state index in [4.69, 9.17) is 18.1 Å². The molecule has 0 aliphatic rings. The Morgan fingerprint density at radius 1 is 0.500 bits per heavy atom. The zero-order valence-electron chi connectivity index (χ0n) is 16.2. The smallest absolute Gasteiger partial charge is 0.222 e. The maximum atomic E-state index is 11.9. The van der Waals surface area contributed by atoms with Gasteiger partial charge in [-0.05, 0) is 36.4 Å². The van der Waals surface area contributed by atoms with Crippen LogP contribution in [0.15, 0.2) is 84.9 Å². The molecule has 0 amide bonds. The average molecular weight is 489 g/mol. The van der Waals surface area contributed by atoms with Crippen molar-refractivity contribution >= 4 is 39.7 Å². The molecule has 0 bridgehead atoms. The summed E-state index contributed by atoms with van der Waals surface area (Å²) in [5.41, 5.74) is 0. The zero-order valence-corrected chi connectivity index (χ0v) is 19.5. The van der Waals surface area contributed by atoms with Gasteiger partial charge in [0.25, 0.3) is 0 Å². The first-order chi connectivity index (χ1) is 14.7. The second-order valence-corrected chi connectivity index (χ2v) is 6.54. The third kappa shape index (κ3) is 9.91. The van der Waals surface area contributed by atoms with E-state index in [0.29, 0.717) is 11.5 Å². The summed E-state index contributed by atoms with van der Waals surface area (Å²) in [7, 11) is -4.83. The van der Waals surface area contributed by atoms with Gasteiger partial charge in [0.15, 0.2) is 23.0 Å². The molecule has 158 valence electrons. The lowest BCUT2D eigenvalue weighted by molar-refractivity contribution is 0.409. The van der Waals surface area contributed by atoms with Gasteiger partial charge < -0.3 is 0 Å². The van der Waals surface area contributed by atoms with E-state index in [1.807, 2.05) is 12.1 Å². The lowest BCUT2D eigenvalue weighted by Crippen LogP contribution is -1.91. The van der Waals surface area contributed by atoms with Gasteiger partial charge in [0.05, 0.1) is 0 Å². The predicted molar refractivity (Wildman–Crippen MR) is 121 cm³/mol. The van der Waals surface area contributed by atoms with E-state index in [2.05, 4.69) is 23.2 Å². The molecule has 0 spiro atoms. The predicted octanol–water partition coefficient (Wildman–Crippen LogP) is 7.63. The van der Waals surface area contributed by atoms with Crippen molar-refractivity contribution in [1.29, 1.82) is 0 Å². The van der Waals surface area contributed by atoms with Crippen molar-refractivity contribution in [2.75, 3.05) is 12.8 Å². The fraction of sp³-hybridized carbons (Fsp3) is 0.100. The molecule has 10 heteroatoms. The molecule has 0 fully saturated rings. The van der Waals surface area contributed by atoms with Gasteiger partial charge >= 0.3 is 16.5 Å². The van der Waals surface area contributed by atoms with Crippen LogP contribution in [0.4, 0.5) is 0 Å². The van der Waals surface area contributed by atoms with Crippen molar-refractivity contribution in [2.24, 2.45) is 0 Å². The highest BCUT2D eigenvalue weighted by molar-refractivity contribution is 7.34. The molecule has 0 N–H and O–H groups in total. The summed E-state index contributed by atoms with van der Waals surface area (Å²) in [5, 5.41) is 0. The molecule has 3 rings (SSSR count). The molecule has 30 heavy (non-hydrogen) atoms. The first-order valence-corrected chi connectivity index (χ1v) is 12.0. The Morgan fingerprint density at radius 3 is 1.17 bits per heavy atom. The van der Waals surface area contributed by atoms with Crippen molar-refractivity contribution in [3.8, 4) is 23.0 Å². The molecule has 2 atom stereocenters. The van der Waals surface area contributed by atoms with Crippen LogP contribution < -0.4 is 18.1 Å². The number of para-hydroxylation sites is 2. The first-order valence-electron chi connectivity index (χ1n) is 8.31. The van der Waals surface area contributed by atoms with E-state index in [1.165, 1.54) is 18.8 Å². The zero-order chi connectivity index (χ0) is 22.2. The van der Waals surface area contributed by atoms with Gasteiger partial charge in [0.1, 0.15) is 0 Å². The minimum Gasteiger partial charge on any atom is -0.222 e. The Bertz CT molecular complexity index is 827. The molecule has 0 radical (unpaired) electrons. The monoisotopic (exact) mass is 488 g/mol. The number of hydrogen-bond donors (Lipinski definition) is 0. The van der Waals surface area contributed by atoms with Gasteiger partial charge in [-0.25, -0.2) is 18.1 Å². The summed E-state index contributed by atoms with van der Waals surface area (Å²) in [4.78, 5) is 0. The molecule has 3 aromatic rings. The fourth-order valence-corrected chi connectivity index (χ4v) is 3.17. The highest BCUT2D eigenvalue weighted by Crippen LogP contribution is 2.35. The molecule has 0 saturated heterocycles. The van der Waals surface area contributed by atoms with Crippen LogP contribution in [0.2, 0.25) is 0 Å².